The summed E-state index contributed by atoms with van der Waals surface area (Å²) in [4.78, 5) is 45.7. The highest BCUT2D eigenvalue weighted by atomic mass is 16.6. The number of hydrogen-bond donors (Lipinski definition) is 2. The predicted molar refractivity (Wildman–Crippen MR) is 145 cm³/mol. The molecule has 0 bridgehead atoms. The third-order valence-electron chi connectivity index (χ3n) is 6.49. The molecule has 1 aromatic heterocycles. The number of ether oxygens (including phenoxy) is 2. The highest BCUT2D eigenvalue weighted by Gasteiger charge is 2.44. The number of aromatic nitrogens is 1. The van der Waals surface area contributed by atoms with Crippen LogP contribution >= 0.6 is 0 Å². The number of amides is 3. The van der Waals surface area contributed by atoms with Gasteiger partial charge in [0.1, 0.15) is 23.4 Å². The van der Waals surface area contributed by atoms with E-state index in [1.807, 2.05) is 48.5 Å². The molecule has 2 heterocycles. The van der Waals surface area contributed by atoms with E-state index >= 15 is 0 Å². The van der Waals surface area contributed by atoms with E-state index in [0.29, 0.717) is 29.9 Å². The molecule has 0 aliphatic carbocycles. The van der Waals surface area contributed by atoms with E-state index in [9.17, 15) is 14.4 Å². The summed E-state index contributed by atoms with van der Waals surface area (Å²) >= 11 is 0. The minimum atomic E-state index is -0.881. The fourth-order valence-electron chi connectivity index (χ4n) is 4.77. The van der Waals surface area contributed by atoms with E-state index in [1.54, 1.807) is 52.0 Å². The second kappa shape index (κ2) is 11.1. The van der Waals surface area contributed by atoms with E-state index in [-0.39, 0.29) is 17.7 Å². The number of carbonyl (C=O) groups excluding carboxylic acids is 3. The van der Waals surface area contributed by atoms with Crippen LogP contribution in [0.3, 0.4) is 0 Å². The molecule has 3 atom stereocenters. The van der Waals surface area contributed by atoms with Crippen LogP contribution < -0.4 is 15.4 Å². The number of benzene rings is 2. The number of para-hydroxylation sites is 1. The summed E-state index contributed by atoms with van der Waals surface area (Å²) in [5.74, 6) is -0.221. The average Bonchev–Trinajstić information content (AvgIpc) is 3.32. The molecule has 3 amide bonds. The lowest BCUT2D eigenvalue weighted by Crippen LogP contribution is -2.53. The smallest absolute Gasteiger partial charge is 0.408 e. The van der Waals surface area contributed by atoms with Crippen molar-refractivity contribution in [2.75, 3.05) is 19.0 Å². The minimum absolute atomic E-state index is 0.249. The summed E-state index contributed by atoms with van der Waals surface area (Å²) in [7, 11) is 1.60. The quantitative estimate of drug-likeness (QED) is 0.498. The first-order valence-corrected chi connectivity index (χ1v) is 12.7. The van der Waals surface area contributed by atoms with Crippen LogP contribution in [0.1, 0.15) is 45.6 Å². The van der Waals surface area contributed by atoms with Crippen LogP contribution in [0.15, 0.2) is 60.8 Å². The number of fused-ring (bicyclic) bond motifs is 1. The number of rotatable bonds is 6. The van der Waals surface area contributed by atoms with E-state index in [2.05, 4.69) is 15.6 Å². The normalized spacial score (nSPS) is 18.1. The zero-order chi connectivity index (χ0) is 27.4. The second-order valence-corrected chi connectivity index (χ2v) is 10.4. The number of nitrogens with one attached hydrogen (secondary N) is 2. The van der Waals surface area contributed by atoms with Gasteiger partial charge >= 0.3 is 6.09 Å². The lowest BCUT2D eigenvalue weighted by Gasteiger charge is -2.30. The highest BCUT2D eigenvalue weighted by molar-refractivity contribution is 6.04. The number of hydrogen-bond acceptors (Lipinski definition) is 6. The SMILES string of the molecule is COc1ccc([C@@H]2CCN(C(=O)[C@H](C)NC(=O)OC(C)(C)C)[C@@H]2C(=O)Nc2cccc3cccnc23)cc1. The van der Waals surface area contributed by atoms with E-state index in [4.69, 9.17) is 9.47 Å². The van der Waals surface area contributed by atoms with Gasteiger partial charge in [-0.2, -0.15) is 0 Å². The van der Waals surface area contributed by atoms with Gasteiger partial charge in [0.05, 0.1) is 18.3 Å². The number of methoxy groups -OCH3 is 1. The largest absolute Gasteiger partial charge is 0.497 e. The molecule has 1 fully saturated rings. The van der Waals surface area contributed by atoms with Gasteiger partial charge in [0, 0.05) is 24.0 Å². The minimum Gasteiger partial charge on any atom is -0.497 e. The van der Waals surface area contributed by atoms with Crippen molar-refractivity contribution < 1.29 is 23.9 Å². The van der Waals surface area contributed by atoms with Gasteiger partial charge in [-0.15, -0.1) is 0 Å². The van der Waals surface area contributed by atoms with Gasteiger partial charge in [0.2, 0.25) is 11.8 Å². The number of likely N-dealkylation sites (tertiary alicyclic amines) is 1. The Labute approximate surface area is 222 Å². The van der Waals surface area contributed by atoms with Crippen LogP contribution in [-0.2, 0) is 14.3 Å². The fourth-order valence-corrected chi connectivity index (χ4v) is 4.77. The summed E-state index contributed by atoms with van der Waals surface area (Å²) in [6, 6.07) is 15.2. The van der Waals surface area contributed by atoms with Crippen molar-refractivity contribution in [1.29, 1.82) is 0 Å². The number of alkyl carbamates (subject to hydrolysis) is 1. The van der Waals surface area contributed by atoms with Crippen LogP contribution in [0.2, 0.25) is 0 Å². The molecule has 0 radical (unpaired) electrons. The molecule has 9 nitrogen and oxygen atoms in total. The van der Waals surface area contributed by atoms with Crippen LogP contribution in [-0.4, -0.2) is 59.1 Å². The summed E-state index contributed by atoms with van der Waals surface area (Å²) in [5, 5.41) is 6.51. The van der Waals surface area contributed by atoms with Crippen molar-refractivity contribution in [3.63, 3.8) is 0 Å². The molecule has 4 rings (SSSR count). The Bertz CT molecular complexity index is 1310. The lowest BCUT2D eigenvalue weighted by molar-refractivity contribution is -0.138. The summed E-state index contributed by atoms with van der Waals surface area (Å²) in [5.41, 5.74) is 1.46. The number of anilines is 1. The topological polar surface area (TPSA) is 110 Å². The molecule has 200 valence electrons. The van der Waals surface area contributed by atoms with E-state index in [0.717, 1.165) is 10.9 Å². The zero-order valence-electron chi connectivity index (χ0n) is 22.4. The summed E-state index contributed by atoms with van der Waals surface area (Å²) in [6.07, 6.45) is 1.57. The molecule has 9 heteroatoms. The molecular formula is C29H34N4O5. The highest BCUT2D eigenvalue weighted by Crippen LogP contribution is 2.36. The molecule has 1 aliphatic heterocycles. The third-order valence-corrected chi connectivity index (χ3v) is 6.49. The van der Waals surface area contributed by atoms with Gasteiger partial charge < -0.3 is 25.0 Å². The first-order valence-electron chi connectivity index (χ1n) is 12.7. The zero-order valence-corrected chi connectivity index (χ0v) is 22.4. The van der Waals surface area contributed by atoms with Crippen molar-refractivity contribution in [1.82, 2.24) is 15.2 Å². The monoisotopic (exact) mass is 518 g/mol. The first kappa shape index (κ1) is 26.9. The number of nitrogens with zero attached hydrogens (tertiary/aromatic N) is 2. The molecule has 1 aliphatic rings. The Morgan fingerprint density at radius 3 is 2.45 bits per heavy atom. The lowest BCUT2D eigenvalue weighted by atomic mass is 9.91. The van der Waals surface area contributed by atoms with Crippen molar-refractivity contribution >= 4 is 34.5 Å². The van der Waals surface area contributed by atoms with Crippen molar-refractivity contribution in [3.8, 4) is 5.75 Å². The molecule has 0 saturated carbocycles. The summed E-state index contributed by atoms with van der Waals surface area (Å²) < 4.78 is 10.6. The van der Waals surface area contributed by atoms with Crippen molar-refractivity contribution in [3.05, 3.63) is 66.4 Å². The Hall–Kier alpha value is -4.14. The van der Waals surface area contributed by atoms with Crippen molar-refractivity contribution in [2.24, 2.45) is 0 Å². The molecule has 2 N–H and O–H groups in total. The maximum absolute atomic E-state index is 13.8. The van der Waals surface area contributed by atoms with Gasteiger partial charge in [0.15, 0.2) is 0 Å². The third kappa shape index (κ3) is 6.04. The maximum atomic E-state index is 13.8. The second-order valence-electron chi connectivity index (χ2n) is 10.4. The van der Waals surface area contributed by atoms with E-state index in [1.165, 1.54) is 0 Å². The van der Waals surface area contributed by atoms with Gasteiger partial charge in [-0.25, -0.2) is 4.79 Å². The van der Waals surface area contributed by atoms with Crippen LogP contribution in [0, 0.1) is 0 Å². The molecule has 1 saturated heterocycles. The van der Waals surface area contributed by atoms with Gasteiger partial charge in [-0.3, -0.25) is 14.6 Å². The van der Waals surface area contributed by atoms with Crippen LogP contribution in [0.5, 0.6) is 5.75 Å². The standard InChI is InChI=1S/C29H34N4O5/c1-18(31-28(36)38-29(2,3)4)27(35)33-17-15-22(19-11-13-21(37-5)14-12-19)25(33)26(34)32-23-10-6-8-20-9-7-16-30-24(20)23/h6-14,16,18,22,25H,15,17H2,1-5H3,(H,31,36)(H,32,34)/t18-,22-,25-/m0/s1. The first-order chi connectivity index (χ1) is 18.1. The predicted octanol–water partition coefficient (Wildman–Crippen LogP) is 4.48. The molecular weight excluding hydrogens is 484 g/mol. The fraction of sp³-hybridized carbons (Fsp3) is 0.379. The molecule has 0 unspecified atom stereocenters. The Balaban J connectivity index is 1.62. The molecule has 2 aromatic carbocycles. The Kier molecular flexibility index (Phi) is 7.85. The van der Waals surface area contributed by atoms with E-state index < -0.39 is 23.8 Å². The van der Waals surface area contributed by atoms with Crippen LogP contribution in [0.25, 0.3) is 10.9 Å². The molecule has 38 heavy (non-hydrogen) atoms. The Morgan fingerprint density at radius 2 is 1.76 bits per heavy atom. The Morgan fingerprint density at radius 1 is 1.05 bits per heavy atom. The molecule has 3 aromatic rings. The van der Waals surface area contributed by atoms with Crippen LogP contribution in [0.4, 0.5) is 10.5 Å². The van der Waals surface area contributed by atoms with Gasteiger partial charge in [-0.1, -0.05) is 30.3 Å². The van der Waals surface area contributed by atoms with Gasteiger partial charge in [-0.05, 0) is 63.9 Å². The number of pyridine rings is 1. The maximum Gasteiger partial charge on any atom is 0.408 e. The average molecular weight is 519 g/mol. The van der Waals surface area contributed by atoms with Crippen molar-refractivity contribution in [2.45, 2.75) is 57.7 Å². The summed E-state index contributed by atoms with van der Waals surface area (Å²) in [6.45, 7) is 7.21. The number of carbonyl (C=O) groups is 3. The molecule has 0 spiro atoms. The van der Waals surface area contributed by atoms with Gasteiger partial charge in [0.25, 0.3) is 0 Å².